The van der Waals surface area contributed by atoms with Crippen molar-refractivity contribution in [2.75, 3.05) is 11.5 Å². The summed E-state index contributed by atoms with van der Waals surface area (Å²) in [6.07, 6.45) is 3.04. The van der Waals surface area contributed by atoms with Crippen LogP contribution >= 0.6 is 0 Å². The molecule has 0 aliphatic heterocycles. The molecule has 0 bridgehead atoms. The molecule has 0 saturated carbocycles. The molecule has 0 radical (unpaired) electrons. The number of nitro benzene ring substituents is 1. The van der Waals surface area contributed by atoms with Crippen molar-refractivity contribution in [3.8, 4) is 0 Å². The average Bonchev–Trinajstić information content (AvgIpc) is 3.16. The number of hydrogen-bond acceptors (Lipinski definition) is 8. The number of rotatable bonds is 10. The van der Waals surface area contributed by atoms with Crippen LogP contribution in [0.2, 0.25) is 0 Å². The van der Waals surface area contributed by atoms with Gasteiger partial charge in [-0.05, 0) is 25.0 Å². The molecule has 3 aromatic rings. The van der Waals surface area contributed by atoms with Gasteiger partial charge in [0, 0.05) is 23.9 Å². The first-order valence-electron chi connectivity index (χ1n) is 10.7. The average molecular weight is 521 g/mol. The van der Waals surface area contributed by atoms with Gasteiger partial charge in [0.2, 0.25) is 0 Å². The molecular weight excluding hydrogens is 496 g/mol. The lowest BCUT2D eigenvalue weighted by atomic mass is 10.2. The molecule has 1 amide bonds. The second-order valence-electron chi connectivity index (χ2n) is 7.65. The number of fused-ring (bicyclic) bond motifs is 1. The summed E-state index contributed by atoms with van der Waals surface area (Å²) < 4.78 is 54.0. The summed E-state index contributed by atoms with van der Waals surface area (Å²) in [4.78, 5) is 22.6. The van der Waals surface area contributed by atoms with Gasteiger partial charge < -0.3 is 4.40 Å². The van der Waals surface area contributed by atoms with Crippen molar-refractivity contribution >= 4 is 43.0 Å². The molecule has 0 unspecified atom stereocenters. The van der Waals surface area contributed by atoms with Gasteiger partial charge in [-0.25, -0.2) is 22.3 Å². The maximum Gasteiger partial charge on any atom is 0.289 e. The number of carbonyl (C=O) groups is 1. The van der Waals surface area contributed by atoms with E-state index in [9.17, 15) is 31.7 Å². The standard InChI is InChI=1S/C22H24N4O7S2/c1-3-12-34(30,31)20-18-10-5-6-11-25(18)19(21(20)35(32,33)13-4-2)22(27)24-23-15-16-8-7-9-17(14-16)26(28)29/h5-11,14-15H,3-4,12-13H2,1-2H3,(H,24,27). The summed E-state index contributed by atoms with van der Waals surface area (Å²) in [6.45, 7) is 3.29. The number of hydrazone groups is 1. The first-order chi connectivity index (χ1) is 16.5. The minimum atomic E-state index is -4.16. The smallest absolute Gasteiger partial charge is 0.289 e. The van der Waals surface area contributed by atoms with Crippen molar-refractivity contribution in [2.24, 2.45) is 5.10 Å². The van der Waals surface area contributed by atoms with Crippen LogP contribution in [0.3, 0.4) is 0 Å². The van der Waals surface area contributed by atoms with E-state index in [1.54, 1.807) is 26.0 Å². The SMILES string of the molecule is CCCS(=O)(=O)c1c(S(=O)(=O)CCC)c2ccccn2c1C(=O)NN=Cc1cccc([N+](=O)[O-])c1. The molecule has 2 heterocycles. The summed E-state index contributed by atoms with van der Waals surface area (Å²) in [5.41, 5.74) is 2.07. The molecule has 13 heteroatoms. The van der Waals surface area contributed by atoms with E-state index in [2.05, 4.69) is 10.5 Å². The summed E-state index contributed by atoms with van der Waals surface area (Å²) in [7, 11) is -8.20. The molecule has 0 aliphatic rings. The van der Waals surface area contributed by atoms with Crippen LogP contribution in [0.25, 0.3) is 5.52 Å². The van der Waals surface area contributed by atoms with E-state index < -0.39 is 40.3 Å². The molecule has 0 atom stereocenters. The van der Waals surface area contributed by atoms with Gasteiger partial charge in [-0.15, -0.1) is 0 Å². The third kappa shape index (κ3) is 5.41. The van der Waals surface area contributed by atoms with E-state index in [1.807, 2.05) is 0 Å². The van der Waals surface area contributed by atoms with Crippen molar-refractivity contribution in [1.29, 1.82) is 0 Å². The van der Waals surface area contributed by atoms with Crippen molar-refractivity contribution < 1.29 is 26.6 Å². The van der Waals surface area contributed by atoms with Gasteiger partial charge in [-0.2, -0.15) is 5.10 Å². The van der Waals surface area contributed by atoms with Gasteiger partial charge >= 0.3 is 0 Å². The monoisotopic (exact) mass is 520 g/mol. The number of pyridine rings is 1. The van der Waals surface area contributed by atoms with Gasteiger partial charge in [-0.1, -0.05) is 32.0 Å². The van der Waals surface area contributed by atoms with E-state index in [1.165, 1.54) is 40.9 Å². The molecule has 0 spiro atoms. The largest absolute Gasteiger partial charge is 0.310 e. The molecule has 0 aliphatic carbocycles. The van der Waals surface area contributed by atoms with Crippen molar-refractivity contribution in [2.45, 2.75) is 36.5 Å². The lowest BCUT2D eigenvalue weighted by molar-refractivity contribution is -0.384. The molecule has 11 nitrogen and oxygen atoms in total. The number of benzene rings is 1. The Morgan fingerprint density at radius 1 is 1.03 bits per heavy atom. The summed E-state index contributed by atoms with van der Waals surface area (Å²) in [6, 6.07) is 10.1. The third-order valence-electron chi connectivity index (χ3n) is 5.00. The molecule has 0 fully saturated rings. The Kier molecular flexibility index (Phi) is 7.70. The van der Waals surface area contributed by atoms with Crippen LogP contribution in [0.15, 0.2) is 63.6 Å². The molecule has 3 rings (SSSR count). The second kappa shape index (κ2) is 10.4. The highest BCUT2D eigenvalue weighted by molar-refractivity contribution is 7.94. The van der Waals surface area contributed by atoms with Crippen LogP contribution in [0.4, 0.5) is 5.69 Å². The second-order valence-corrected chi connectivity index (χ2v) is 11.7. The lowest BCUT2D eigenvalue weighted by Crippen LogP contribution is -2.23. The molecule has 35 heavy (non-hydrogen) atoms. The minimum Gasteiger partial charge on any atom is -0.310 e. The number of amides is 1. The number of hydrogen-bond donors (Lipinski definition) is 1. The fraction of sp³-hybridized carbons (Fsp3) is 0.273. The number of aromatic nitrogens is 1. The van der Waals surface area contributed by atoms with Gasteiger partial charge in [0.25, 0.3) is 11.6 Å². The molecule has 186 valence electrons. The van der Waals surface area contributed by atoms with Gasteiger partial charge in [0.15, 0.2) is 19.7 Å². The Bertz CT molecular complexity index is 1520. The van der Waals surface area contributed by atoms with Crippen LogP contribution in [-0.2, 0) is 19.7 Å². The van der Waals surface area contributed by atoms with E-state index >= 15 is 0 Å². The zero-order chi connectivity index (χ0) is 25.8. The fourth-order valence-corrected chi connectivity index (χ4v) is 7.62. The van der Waals surface area contributed by atoms with Crippen LogP contribution in [-0.4, -0.2) is 49.8 Å². The number of non-ortho nitro benzene ring substituents is 1. The van der Waals surface area contributed by atoms with Crippen molar-refractivity contribution in [3.05, 3.63) is 70.0 Å². The molecule has 2 aromatic heterocycles. The zero-order valence-electron chi connectivity index (χ0n) is 19.0. The highest BCUT2D eigenvalue weighted by Crippen LogP contribution is 2.34. The molecule has 0 saturated heterocycles. The Hall–Kier alpha value is -3.58. The Morgan fingerprint density at radius 3 is 2.31 bits per heavy atom. The molecule has 1 N–H and O–H groups in total. The third-order valence-corrected chi connectivity index (χ3v) is 9.07. The van der Waals surface area contributed by atoms with E-state index in [-0.39, 0.29) is 41.2 Å². The van der Waals surface area contributed by atoms with Gasteiger partial charge in [0.05, 0.1) is 28.2 Å². The first kappa shape index (κ1) is 26.0. The maximum absolute atomic E-state index is 13.2. The molecular formula is C22H24N4O7S2. The van der Waals surface area contributed by atoms with E-state index in [4.69, 9.17) is 0 Å². The number of nitrogens with one attached hydrogen (secondary N) is 1. The maximum atomic E-state index is 13.2. The Labute approximate surface area is 202 Å². The van der Waals surface area contributed by atoms with Crippen LogP contribution < -0.4 is 5.43 Å². The highest BCUT2D eigenvalue weighted by Gasteiger charge is 2.36. The van der Waals surface area contributed by atoms with Crippen molar-refractivity contribution in [1.82, 2.24) is 9.83 Å². The summed E-state index contributed by atoms with van der Waals surface area (Å²) in [5, 5.41) is 14.7. The quantitative estimate of drug-likeness (QED) is 0.244. The lowest BCUT2D eigenvalue weighted by Gasteiger charge is -2.08. The normalized spacial score (nSPS) is 12.3. The van der Waals surface area contributed by atoms with Crippen LogP contribution in [0.5, 0.6) is 0 Å². The minimum absolute atomic E-state index is 0.0726. The van der Waals surface area contributed by atoms with Gasteiger partial charge in [0.1, 0.15) is 15.5 Å². The van der Waals surface area contributed by atoms with E-state index in [0.717, 1.165) is 6.21 Å². The highest BCUT2D eigenvalue weighted by atomic mass is 32.2. The number of nitro groups is 1. The number of sulfone groups is 2. The fourth-order valence-electron chi connectivity index (χ4n) is 3.64. The zero-order valence-corrected chi connectivity index (χ0v) is 20.7. The van der Waals surface area contributed by atoms with E-state index in [0.29, 0.717) is 5.56 Å². The number of carbonyl (C=O) groups excluding carboxylic acids is 1. The summed E-state index contributed by atoms with van der Waals surface area (Å²) >= 11 is 0. The molecule has 1 aromatic carbocycles. The number of nitrogens with zero attached hydrogens (tertiary/aromatic N) is 3. The predicted molar refractivity (Wildman–Crippen MR) is 130 cm³/mol. The van der Waals surface area contributed by atoms with Crippen molar-refractivity contribution in [3.63, 3.8) is 0 Å². The van der Waals surface area contributed by atoms with Crippen LogP contribution in [0, 0.1) is 10.1 Å². The Balaban J connectivity index is 2.16. The Morgan fingerprint density at radius 2 is 1.69 bits per heavy atom. The summed E-state index contributed by atoms with van der Waals surface area (Å²) in [5.74, 6) is -1.58. The first-order valence-corrected chi connectivity index (χ1v) is 14.0. The van der Waals surface area contributed by atoms with Gasteiger partial charge in [-0.3, -0.25) is 14.9 Å². The van der Waals surface area contributed by atoms with Crippen LogP contribution in [0.1, 0.15) is 42.7 Å². The predicted octanol–water partition coefficient (Wildman–Crippen LogP) is 2.98. The topological polar surface area (TPSA) is 157 Å².